The lowest BCUT2D eigenvalue weighted by molar-refractivity contribution is 0.0946. The van der Waals surface area contributed by atoms with Crippen LogP contribution in [0.5, 0.6) is 0 Å². The van der Waals surface area contributed by atoms with Crippen molar-refractivity contribution in [1.82, 2.24) is 34.1 Å². The summed E-state index contributed by atoms with van der Waals surface area (Å²) in [5.41, 5.74) is 2.58. The van der Waals surface area contributed by atoms with Gasteiger partial charge >= 0.3 is 0 Å². The van der Waals surface area contributed by atoms with Crippen molar-refractivity contribution >= 4 is 11.4 Å². The minimum Gasteiger partial charge on any atom is -0.348 e. The smallest absolute Gasteiger partial charge is 0.271 e. The van der Waals surface area contributed by atoms with Crippen molar-refractivity contribution in [2.24, 2.45) is 0 Å². The maximum Gasteiger partial charge on any atom is 0.271 e. The zero-order valence-corrected chi connectivity index (χ0v) is 16.1. The van der Waals surface area contributed by atoms with Crippen LogP contribution in [0, 0.1) is 0 Å². The maximum absolute atomic E-state index is 12.3. The van der Waals surface area contributed by atoms with Gasteiger partial charge in [0.2, 0.25) is 5.95 Å². The average molecular weight is 379 g/mol. The summed E-state index contributed by atoms with van der Waals surface area (Å²) < 4.78 is 3.90. The first kappa shape index (κ1) is 17.4. The number of rotatable bonds is 5. The van der Waals surface area contributed by atoms with Gasteiger partial charge in [-0.3, -0.25) is 18.7 Å². The molecule has 1 amide bonds. The molecular formula is C20H25N7O. The van der Waals surface area contributed by atoms with Crippen molar-refractivity contribution in [1.29, 1.82) is 0 Å². The summed E-state index contributed by atoms with van der Waals surface area (Å²) in [6, 6.07) is 6.45. The van der Waals surface area contributed by atoms with E-state index < -0.39 is 0 Å². The second-order valence-electron chi connectivity index (χ2n) is 7.81. The second-order valence-corrected chi connectivity index (χ2v) is 7.81. The highest BCUT2D eigenvalue weighted by Gasteiger charge is 2.25. The minimum absolute atomic E-state index is 0.111. The van der Waals surface area contributed by atoms with E-state index in [4.69, 9.17) is 4.98 Å². The molecule has 0 bridgehead atoms. The Kier molecular flexibility index (Phi) is 4.37. The van der Waals surface area contributed by atoms with Gasteiger partial charge in [0.25, 0.3) is 5.91 Å². The third-order valence-electron chi connectivity index (χ3n) is 5.53. The van der Waals surface area contributed by atoms with E-state index >= 15 is 0 Å². The number of nitrogens with zero attached hydrogens (tertiary/aromatic N) is 6. The van der Waals surface area contributed by atoms with E-state index in [1.807, 2.05) is 22.9 Å². The van der Waals surface area contributed by atoms with E-state index in [1.165, 1.54) is 0 Å². The Balaban J connectivity index is 1.43. The van der Waals surface area contributed by atoms with Crippen LogP contribution in [0.3, 0.4) is 0 Å². The minimum atomic E-state index is -0.111. The molecule has 0 spiro atoms. The number of amides is 1. The third-order valence-corrected chi connectivity index (χ3v) is 5.53. The van der Waals surface area contributed by atoms with Crippen LogP contribution >= 0.6 is 0 Å². The Morgan fingerprint density at radius 3 is 2.82 bits per heavy atom. The van der Waals surface area contributed by atoms with Gasteiger partial charge in [0.15, 0.2) is 0 Å². The molecule has 1 saturated heterocycles. The van der Waals surface area contributed by atoms with E-state index in [0.717, 1.165) is 62.7 Å². The van der Waals surface area contributed by atoms with E-state index in [-0.39, 0.29) is 5.91 Å². The molecule has 0 radical (unpaired) electrons. The lowest BCUT2D eigenvalue weighted by atomic mass is 10.2. The predicted octanol–water partition coefficient (Wildman–Crippen LogP) is 1.16. The first-order valence-corrected chi connectivity index (χ1v) is 9.89. The van der Waals surface area contributed by atoms with Crippen LogP contribution in [0.4, 0.5) is 0 Å². The highest BCUT2D eigenvalue weighted by atomic mass is 16.2. The van der Waals surface area contributed by atoms with Gasteiger partial charge in [-0.25, -0.2) is 9.97 Å². The molecule has 5 rings (SSSR count). The number of nitrogens with one attached hydrogen (secondary N) is 1. The summed E-state index contributed by atoms with van der Waals surface area (Å²) in [5.74, 6) is 0.650. The molecule has 8 heteroatoms. The molecule has 3 aromatic heterocycles. The van der Waals surface area contributed by atoms with Crippen molar-refractivity contribution in [3.8, 4) is 5.95 Å². The van der Waals surface area contributed by atoms with Crippen molar-refractivity contribution < 1.29 is 4.79 Å². The van der Waals surface area contributed by atoms with Crippen molar-refractivity contribution in [3.05, 3.63) is 48.3 Å². The number of fused-ring (bicyclic) bond motifs is 1. The molecule has 3 aromatic rings. The first-order valence-electron chi connectivity index (χ1n) is 9.89. The standard InChI is InChI=1S/C20H25N7O/c1-24-8-10-25(11-9-24)12-16-18-4-2-3-7-27(18)20(23-16)26-13-17(21-14-26)19(28)22-15-5-6-15/h2-4,7,13-15H,5-6,8-12H2,1H3,(H,22,28). The zero-order valence-electron chi connectivity index (χ0n) is 16.1. The number of hydrogen-bond acceptors (Lipinski definition) is 5. The normalized spacial score (nSPS) is 18.6. The molecule has 1 aliphatic carbocycles. The molecule has 0 atom stereocenters. The van der Waals surface area contributed by atoms with Gasteiger partial charge in [-0.05, 0) is 32.0 Å². The van der Waals surface area contributed by atoms with Crippen molar-refractivity contribution in [3.63, 3.8) is 0 Å². The Labute approximate surface area is 163 Å². The quantitative estimate of drug-likeness (QED) is 0.720. The zero-order chi connectivity index (χ0) is 19.1. The van der Waals surface area contributed by atoms with Crippen LogP contribution in [-0.4, -0.2) is 73.9 Å². The molecule has 28 heavy (non-hydrogen) atoms. The third kappa shape index (κ3) is 3.41. The molecule has 1 aliphatic heterocycles. The largest absolute Gasteiger partial charge is 0.348 e. The Morgan fingerprint density at radius 2 is 2.04 bits per heavy atom. The van der Waals surface area contributed by atoms with Gasteiger partial charge in [-0.15, -0.1) is 0 Å². The summed E-state index contributed by atoms with van der Waals surface area (Å²) in [6.07, 6.45) is 7.57. The molecule has 0 unspecified atom stereocenters. The molecule has 2 fully saturated rings. The summed E-state index contributed by atoms with van der Waals surface area (Å²) in [7, 11) is 2.16. The van der Waals surface area contributed by atoms with Gasteiger partial charge < -0.3 is 10.2 Å². The number of hydrogen-bond donors (Lipinski definition) is 1. The summed E-state index contributed by atoms with van der Waals surface area (Å²) in [6.45, 7) is 5.09. The van der Waals surface area contributed by atoms with E-state index in [0.29, 0.717) is 11.7 Å². The van der Waals surface area contributed by atoms with Crippen LogP contribution in [0.25, 0.3) is 11.5 Å². The van der Waals surface area contributed by atoms with Crippen molar-refractivity contribution in [2.45, 2.75) is 25.4 Å². The fourth-order valence-corrected chi connectivity index (χ4v) is 3.64. The van der Waals surface area contributed by atoms with E-state index in [1.54, 1.807) is 12.5 Å². The highest BCUT2D eigenvalue weighted by molar-refractivity contribution is 5.92. The van der Waals surface area contributed by atoms with Crippen LogP contribution in [-0.2, 0) is 6.54 Å². The topological polar surface area (TPSA) is 70.7 Å². The SMILES string of the molecule is CN1CCN(Cc2nc(-n3cnc(C(=O)NC4CC4)c3)n3ccccc23)CC1. The average Bonchev–Trinajstić information content (AvgIpc) is 3.26. The number of imidazole rings is 2. The maximum atomic E-state index is 12.3. The molecule has 1 N–H and O–H groups in total. The monoisotopic (exact) mass is 379 g/mol. The number of likely N-dealkylation sites (N-methyl/N-ethyl adjacent to an activating group) is 1. The molecular weight excluding hydrogens is 354 g/mol. The first-order chi connectivity index (χ1) is 13.7. The van der Waals surface area contributed by atoms with Gasteiger partial charge in [-0.1, -0.05) is 6.07 Å². The van der Waals surface area contributed by atoms with Gasteiger partial charge in [0.05, 0.1) is 11.2 Å². The Morgan fingerprint density at radius 1 is 1.21 bits per heavy atom. The molecule has 2 aliphatic rings. The van der Waals surface area contributed by atoms with Crippen LogP contribution < -0.4 is 5.32 Å². The van der Waals surface area contributed by atoms with Gasteiger partial charge in [-0.2, -0.15) is 0 Å². The summed E-state index contributed by atoms with van der Waals surface area (Å²) >= 11 is 0. The highest BCUT2D eigenvalue weighted by Crippen LogP contribution is 2.21. The molecule has 8 nitrogen and oxygen atoms in total. The molecule has 0 aromatic carbocycles. The van der Waals surface area contributed by atoms with Gasteiger partial charge in [0, 0.05) is 51.2 Å². The number of carbonyl (C=O) groups is 1. The molecule has 146 valence electrons. The summed E-state index contributed by atoms with van der Waals surface area (Å²) in [5, 5.41) is 2.98. The second kappa shape index (κ2) is 7.03. The summed E-state index contributed by atoms with van der Waals surface area (Å²) in [4.78, 5) is 26.3. The number of carbonyl (C=O) groups excluding carboxylic acids is 1. The van der Waals surface area contributed by atoms with Crippen LogP contribution in [0.1, 0.15) is 29.0 Å². The van der Waals surface area contributed by atoms with Crippen molar-refractivity contribution in [2.75, 3.05) is 33.2 Å². The molecule has 4 heterocycles. The predicted molar refractivity (Wildman–Crippen MR) is 106 cm³/mol. The Bertz CT molecular complexity index is 995. The van der Waals surface area contributed by atoms with Crippen LogP contribution in [0.2, 0.25) is 0 Å². The van der Waals surface area contributed by atoms with E-state index in [9.17, 15) is 4.79 Å². The number of pyridine rings is 1. The number of aromatic nitrogens is 4. The van der Waals surface area contributed by atoms with Crippen LogP contribution in [0.15, 0.2) is 36.9 Å². The molecule has 1 saturated carbocycles. The van der Waals surface area contributed by atoms with Gasteiger partial charge in [0.1, 0.15) is 12.0 Å². The Hall–Kier alpha value is -2.71. The number of piperazine rings is 1. The fourth-order valence-electron chi connectivity index (χ4n) is 3.64. The lowest BCUT2D eigenvalue weighted by Crippen LogP contribution is -2.43. The van der Waals surface area contributed by atoms with E-state index in [2.05, 4.69) is 37.6 Å². The lowest BCUT2D eigenvalue weighted by Gasteiger charge is -2.31. The fraction of sp³-hybridized carbons (Fsp3) is 0.450.